The number of hydrogen-bond donors (Lipinski definition) is 1. The van der Waals surface area contributed by atoms with Gasteiger partial charge < -0.3 is 5.11 Å². The van der Waals surface area contributed by atoms with Crippen LogP contribution in [0.25, 0.3) is 22.4 Å². The third-order valence-electron chi connectivity index (χ3n) is 8.61. The maximum atomic E-state index is 13.1. The number of rotatable bonds is 3. The lowest BCUT2D eigenvalue weighted by molar-refractivity contribution is -0.131. The topological polar surface area (TPSA) is 78.9 Å². The summed E-state index contributed by atoms with van der Waals surface area (Å²) in [6, 6.07) is 28.4. The molecule has 1 unspecified atom stereocenters. The van der Waals surface area contributed by atoms with Gasteiger partial charge in [0.2, 0.25) is 0 Å². The monoisotopic (exact) mass is 487 g/mol. The molecule has 37 heavy (non-hydrogen) atoms. The number of phenolic OH excluding ortho intramolecular Hbond substituents is 1. The predicted molar refractivity (Wildman–Crippen MR) is 143 cm³/mol. The number of nitrogens with zero attached hydrogens (tertiary/aromatic N) is 3. The van der Waals surface area contributed by atoms with Crippen LogP contribution < -0.4 is 0 Å². The van der Waals surface area contributed by atoms with Gasteiger partial charge in [-0.05, 0) is 60.1 Å². The molecule has 0 spiro atoms. The van der Waals surface area contributed by atoms with Crippen molar-refractivity contribution in [1.29, 1.82) is 5.26 Å². The quantitative estimate of drug-likeness (QED) is 0.381. The standard InChI is InChI=1S/C32H29N3O2/c1-20-28-16-15-27-29(23-8-6-7-22(17-23)21-11-13-26(36)14-12-21)35(2)34-31(27)32(28,18-24(19-33)30(20)37)25-9-4-3-5-10-25/h3-14,17,20,24,28,36H,15-16,18H2,1-2H3/t20-,24?,28-,32-/m0/s1. The van der Waals surface area contributed by atoms with Crippen LogP contribution in [0.1, 0.15) is 36.6 Å². The summed E-state index contributed by atoms with van der Waals surface area (Å²) in [6.45, 7) is 2.00. The van der Waals surface area contributed by atoms with Crippen molar-refractivity contribution < 1.29 is 9.90 Å². The van der Waals surface area contributed by atoms with Gasteiger partial charge in [0.1, 0.15) is 11.7 Å². The maximum Gasteiger partial charge on any atom is 0.153 e. The molecule has 4 aromatic rings. The number of ketones is 1. The van der Waals surface area contributed by atoms with Crippen LogP contribution in [0.4, 0.5) is 0 Å². The molecule has 0 radical (unpaired) electrons. The molecule has 5 heteroatoms. The van der Waals surface area contributed by atoms with E-state index in [9.17, 15) is 15.2 Å². The Morgan fingerprint density at radius 1 is 1.00 bits per heavy atom. The molecule has 184 valence electrons. The van der Waals surface area contributed by atoms with Crippen LogP contribution in [-0.2, 0) is 23.7 Å². The fraction of sp³-hybridized carbons (Fsp3) is 0.281. The van der Waals surface area contributed by atoms with Crippen molar-refractivity contribution in [1.82, 2.24) is 9.78 Å². The van der Waals surface area contributed by atoms with E-state index in [0.717, 1.165) is 46.5 Å². The first kappa shape index (κ1) is 23.2. The highest BCUT2D eigenvalue weighted by atomic mass is 16.3. The smallest absolute Gasteiger partial charge is 0.153 e. The van der Waals surface area contributed by atoms with Gasteiger partial charge in [-0.25, -0.2) is 0 Å². The van der Waals surface area contributed by atoms with Crippen LogP contribution in [0.3, 0.4) is 0 Å². The molecule has 6 rings (SSSR count). The Labute approximate surface area is 217 Å². The zero-order valence-electron chi connectivity index (χ0n) is 21.1. The van der Waals surface area contributed by atoms with Gasteiger partial charge >= 0.3 is 0 Å². The average Bonchev–Trinajstić information content (AvgIpc) is 3.28. The van der Waals surface area contributed by atoms with Crippen molar-refractivity contribution in [2.24, 2.45) is 24.8 Å². The Balaban J connectivity index is 1.54. The van der Waals surface area contributed by atoms with Crippen molar-refractivity contribution in [2.45, 2.75) is 31.6 Å². The van der Waals surface area contributed by atoms with Gasteiger partial charge in [-0.3, -0.25) is 9.48 Å². The number of nitriles is 1. The van der Waals surface area contributed by atoms with Crippen LogP contribution in [0.15, 0.2) is 78.9 Å². The molecule has 3 aromatic carbocycles. The molecule has 0 aliphatic heterocycles. The molecule has 5 nitrogen and oxygen atoms in total. The van der Waals surface area contributed by atoms with E-state index in [1.165, 1.54) is 5.56 Å². The lowest BCUT2D eigenvalue weighted by Gasteiger charge is -2.50. The van der Waals surface area contributed by atoms with Crippen molar-refractivity contribution in [2.75, 3.05) is 0 Å². The molecule has 2 aliphatic carbocycles. The molecular weight excluding hydrogens is 458 g/mol. The second kappa shape index (κ2) is 8.74. The van der Waals surface area contributed by atoms with E-state index in [2.05, 4.69) is 42.5 Å². The molecule has 0 bridgehead atoms. The molecular formula is C32H29N3O2. The lowest BCUT2D eigenvalue weighted by atomic mass is 9.51. The van der Waals surface area contributed by atoms with Gasteiger partial charge in [-0.2, -0.15) is 10.4 Å². The van der Waals surface area contributed by atoms with Crippen molar-refractivity contribution in [3.63, 3.8) is 0 Å². The van der Waals surface area contributed by atoms with Crippen molar-refractivity contribution in [3.8, 4) is 34.2 Å². The maximum absolute atomic E-state index is 13.1. The summed E-state index contributed by atoms with van der Waals surface area (Å²) in [4.78, 5) is 13.1. The van der Waals surface area contributed by atoms with E-state index < -0.39 is 11.3 Å². The number of aryl methyl sites for hydroxylation is 1. The third-order valence-corrected chi connectivity index (χ3v) is 8.61. The van der Waals surface area contributed by atoms with E-state index >= 15 is 0 Å². The number of carbonyl (C=O) groups excluding carboxylic acids is 1. The molecule has 1 saturated carbocycles. The zero-order chi connectivity index (χ0) is 25.7. The molecule has 1 N–H and O–H groups in total. The normalized spacial score (nSPS) is 24.7. The van der Waals surface area contributed by atoms with Gasteiger partial charge in [0, 0.05) is 29.5 Å². The molecule has 1 fully saturated rings. The lowest BCUT2D eigenvalue weighted by Crippen LogP contribution is -2.52. The molecule has 1 aromatic heterocycles. The number of Topliss-reactive ketones (excluding diaryl/α,β-unsaturated/α-hetero) is 1. The van der Waals surface area contributed by atoms with Gasteiger partial charge in [0.05, 0.1) is 17.5 Å². The number of phenols is 1. The molecule has 0 saturated heterocycles. The van der Waals surface area contributed by atoms with Crippen LogP contribution >= 0.6 is 0 Å². The Bertz CT molecular complexity index is 1530. The Hall–Kier alpha value is -4.17. The summed E-state index contributed by atoms with van der Waals surface area (Å²) < 4.78 is 1.98. The second-order valence-electron chi connectivity index (χ2n) is 10.5. The molecule has 4 atom stereocenters. The zero-order valence-corrected chi connectivity index (χ0v) is 21.1. The summed E-state index contributed by atoms with van der Waals surface area (Å²) in [7, 11) is 1.99. The number of benzene rings is 3. The van der Waals surface area contributed by atoms with Crippen molar-refractivity contribution in [3.05, 3.63) is 95.7 Å². The minimum Gasteiger partial charge on any atom is -0.508 e. The Morgan fingerprint density at radius 3 is 2.46 bits per heavy atom. The summed E-state index contributed by atoms with van der Waals surface area (Å²) in [5.74, 6) is -0.418. The fourth-order valence-corrected chi connectivity index (χ4v) is 6.92. The van der Waals surface area contributed by atoms with E-state index in [1.54, 1.807) is 12.1 Å². The number of hydrogen-bond acceptors (Lipinski definition) is 4. The summed E-state index contributed by atoms with van der Waals surface area (Å²) >= 11 is 0. The minimum atomic E-state index is -0.638. The first-order chi connectivity index (χ1) is 17.9. The van der Waals surface area contributed by atoms with E-state index in [4.69, 9.17) is 5.10 Å². The summed E-state index contributed by atoms with van der Waals surface area (Å²) in [5, 5.41) is 24.8. The highest BCUT2D eigenvalue weighted by Gasteiger charge is 2.57. The van der Waals surface area contributed by atoms with E-state index in [-0.39, 0.29) is 23.4 Å². The Kier molecular flexibility index (Phi) is 5.49. The highest BCUT2D eigenvalue weighted by molar-refractivity contribution is 5.88. The fourth-order valence-electron chi connectivity index (χ4n) is 6.92. The Morgan fingerprint density at radius 2 is 1.73 bits per heavy atom. The predicted octanol–water partition coefficient (Wildman–Crippen LogP) is 6.06. The van der Waals surface area contributed by atoms with Crippen LogP contribution in [0, 0.1) is 29.1 Å². The van der Waals surface area contributed by atoms with Crippen LogP contribution in [-0.4, -0.2) is 20.7 Å². The second-order valence-corrected chi connectivity index (χ2v) is 10.5. The average molecular weight is 488 g/mol. The van der Waals surface area contributed by atoms with Gasteiger partial charge in [-0.15, -0.1) is 0 Å². The highest BCUT2D eigenvalue weighted by Crippen LogP contribution is 2.57. The number of aromatic nitrogens is 2. The SMILES string of the molecule is C[C@@H]1C(=O)C(C#N)C[C@@]2(c3ccccc3)c3nn(C)c(-c4cccc(-c5ccc(O)cc5)c4)c3CC[C@@H]12. The third kappa shape index (κ3) is 3.51. The number of carbonyl (C=O) groups is 1. The van der Waals surface area contributed by atoms with Crippen LogP contribution in [0.2, 0.25) is 0 Å². The molecule has 0 amide bonds. The van der Waals surface area contributed by atoms with Crippen molar-refractivity contribution >= 4 is 5.78 Å². The number of fused-ring (bicyclic) bond motifs is 3. The number of aromatic hydroxyl groups is 1. The van der Waals surface area contributed by atoms with Crippen LogP contribution in [0.5, 0.6) is 5.75 Å². The summed E-state index contributed by atoms with van der Waals surface area (Å²) in [6.07, 6.45) is 2.19. The van der Waals surface area contributed by atoms with E-state index in [0.29, 0.717) is 6.42 Å². The first-order valence-electron chi connectivity index (χ1n) is 12.9. The van der Waals surface area contributed by atoms with Gasteiger partial charge in [0.15, 0.2) is 5.78 Å². The first-order valence-corrected chi connectivity index (χ1v) is 12.9. The molecule has 1 heterocycles. The molecule has 2 aliphatic rings. The summed E-state index contributed by atoms with van der Waals surface area (Å²) in [5.41, 5.74) is 7.16. The largest absolute Gasteiger partial charge is 0.508 e. The van der Waals surface area contributed by atoms with Gasteiger partial charge in [0.25, 0.3) is 0 Å². The minimum absolute atomic E-state index is 0.0697. The van der Waals surface area contributed by atoms with Gasteiger partial charge in [-0.1, -0.05) is 67.6 Å². The van der Waals surface area contributed by atoms with E-state index in [1.807, 2.05) is 49.0 Å².